The number of rotatable bonds is 3. The summed E-state index contributed by atoms with van der Waals surface area (Å²) in [7, 11) is -3.56. The summed E-state index contributed by atoms with van der Waals surface area (Å²) in [6.07, 6.45) is 1.11. The van der Waals surface area contributed by atoms with E-state index in [4.69, 9.17) is 20.5 Å². The van der Waals surface area contributed by atoms with Gasteiger partial charge in [0.15, 0.2) is 0 Å². The lowest BCUT2D eigenvalue weighted by Gasteiger charge is -2.26. The second kappa shape index (κ2) is 6.89. The van der Waals surface area contributed by atoms with Crippen LogP contribution < -0.4 is 0 Å². The topological polar surface area (TPSA) is 90.7 Å². The van der Waals surface area contributed by atoms with Crippen LogP contribution in [0.15, 0.2) is 0 Å². The van der Waals surface area contributed by atoms with E-state index in [0.717, 1.165) is 11.9 Å². The van der Waals surface area contributed by atoms with Crippen LogP contribution in [0.4, 0.5) is 4.79 Å². The van der Waals surface area contributed by atoms with E-state index in [1.807, 2.05) is 20.8 Å². The van der Waals surface area contributed by atoms with Crippen molar-refractivity contribution < 1.29 is 22.1 Å². The molecule has 0 N–H and O–H groups in total. The highest BCUT2D eigenvalue weighted by Crippen LogP contribution is 2.25. The number of carbonyl (C=O) groups is 1. The van der Waals surface area contributed by atoms with Gasteiger partial charge in [0.05, 0.1) is 23.5 Å². The van der Waals surface area contributed by atoms with Crippen molar-refractivity contribution in [2.75, 3.05) is 19.3 Å². The summed E-state index contributed by atoms with van der Waals surface area (Å²) in [6, 6.07) is 0. The number of carbonyl (C=O) groups excluding carboxylic acids is 1. The molecule has 0 spiro atoms. The summed E-state index contributed by atoms with van der Waals surface area (Å²) >= 11 is 6.28. The van der Waals surface area contributed by atoms with E-state index >= 15 is 0 Å². The quantitative estimate of drug-likeness (QED) is 0.744. The van der Waals surface area contributed by atoms with Crippen molar-refractivity contribution >= 4 is 27.8 Å². The summed E-state index contributed by atoms with van der Waals surface area (Å²) in [5.74, 6) is 0. The van der Waals surface area contributed by atoms with Gasteiger partial charge >= 0.3 is 6.09 Å². The van der Waals surface area contributed by atoms with Crippen molar-refractivity contribution in [3.63, 3.8) is 0 Å². The van der Waals surface area contributed by atoms with E-state index in [1.54, 1.807) is 9.58 Å². The van der Waals surface area contributed by atoms with Crippen LogP contribution in [-0.4, -0.2) is 54.1 Å². The van der Waals surface area contributed by atoms with E-state index in [-0.39, 0.29) is 12.7 Å². The summed E-state index contributed by atoms with van der Waals surface area (Å²) in [5.41, 5.74) is 0.586. The smallest absolute Gasteiger partial charge is 0.410 e. The van der Waals surface area contributed by atoms with Gasteiger partial charge in [-0.1, -0.05) is 11.6 Å². The van der Waals surface area contributed by atoms with Gasteiger partial charge in [0.2, 0.25) is 0 Å². The van der Waals surface area contributed by atoms with Crippen molar-refractivity contribution in [1.82, 2.24) is 14.7 Å². The molecule has 0 radical (unpaired) electrons. The minimum absolute atomic E-state index is 0.201. The van der Waals surface area contributed by atoms with Crippen molar-refractivity contribution in [2.45, 2.75) is 45.9 Å². The number of nitrogens with zero attached hydrogens (tertiary/aromatic N) is 3. The molecule has 0 saturated carbocycles. The molecule has 1 aromatic heterocycles. The molecule has 8 nitrogen and oxygen atoms in total. The maximum absolute atomic E-state index is 12.2. The Balaban J connectivity index is 2.06. The highest BCUT2D eigenvalue weighted by atomic mass is 35.5. The first-order valence-electron chi connectivity index (χ1n) is 7.52. The zero-order valence-electron chi connectivity index (χ0n) is 14.2. The van der Waals surface area contributed by atoms with E-state index in [0.29, 0.717) is 36.8 Å². The molecule has 2 rings (SSSR count). The lowest BCUT2D eigenvalue weighted by molar-refractivity contribution is 0.0253. The van der Waals surface area contributed by atoms with Gasteiger partial charge < -0.3 is 9.64 Å². The van der Waals surface area contributed by atoms with Gasteiger partial charge in [-0.15, -0.1) is 0 Å². The Hall–Kier alpha value is -1.32. The molecule has 1 aliphatic heterocycles. The fraction of sp³-hybridized carbons (Fsp3) is 0.714. The van der Waals surface area contributed by atoms with Crippen LogP contribution in [0.25, 0.3) is 0 Å². The second-order valence-electron chi connectivity index (χ2n) is 6.61. The van der Waals surface area contributed by atoms with Crippen LogP contribution in [-0.2, 0) is 38.6 Å². The summed E-state index contributed by atoms with van der Waals surface area (Å²) in [4.78, 5) is 13.8. The number of amides is 1. The Morgan fingerprint density at radius 1 is 1.29 bits per heavy atom. The molecule has 24 heavy (non-hydrogen) atoms. The molecule has 0 saturated heterocycles. The largest absolute Gasteiger partial charge is 0.444 e. The highest BCUT2D eigenvalue weighted by molar-refractivity contribution is 7.85. The average molecular weight is 380 g/mol. The minimum atomic E-state index is -3.56. The zero-order valence-corrected chi connectivity index (χ0v) is 15.8. The van der Waals surface area contributed by atoms with Crippen LogP contribution in [0, 0.1) is 0 Å². The van der Waals surface area contributed by atoms with Gasteiger partial charge in [-0.2, -0.15) is 13.5 Å². The Labute approximate surface area is 146 Å². The molecule has 10 heteroatoms. The average Bonchev–Trinajstić information content (AvgIpc) is 2.58. The second-order valence-corrected chi connectivity index (χ2v) is 8.64. The predicted molar refractivity (Wildman–Crippen MR) is 88.4 cm³/mol. The Morgan fingerprint density at radius 2 is 1.96 bits per heavy atom. The summed E-state index contributed by atoms with van der Waals surface area (Å²) in [6.45, 7) is 6.59. The Bertz CT molecular complexity index is 724. The Kier molecular flexibility index (Phi) is 5.46. The molecule has 2 heterocycles. The monoisotopic (exact) mass is 379 g/mol. The van der Waals surface area contributed by atoms with Crippen LogP contribution in [0.1, 0.15) is 32.2 Å². The molecule has 0 aliphatic carbocycles. The molecular weight excluding hydrogens is 358 g/mol. The number of ether oxygens (including phenoxy) is 1. The molecule has 0 bridgehead atoms. The first-order chi connectivity index (χ1) is 11.0. The van der Waals surface area contributed by atoms with E-state index < -0.39 is 15.7 Å². The molecule has 1 aromatic rings. The van der Waals surface area contributed by atoms with Crippen molar-refractivity contribution in [3.8, 4) is 0 Å². The van der Waals surface area contributed by atoms with Gasteiger partial charge in [-0.3, -0.25) is 8.86 Å². The van der Waals surface area contributed by atoms with Crippen molar-refractivity contribution in [3.05, 3.63) is 16.4 Å². The van der Waals surface area contributed by atoms with Gasteiger partial charge in [0.25, 0.3) is 10.1 Å². The van der Waals surface area contributed by atoms with E-state index in [9.17, 15) is 13.2 Å². The lowest BCUT2D eigenvalue weighted by atomic mass is 10.2. The number of fused-ring (bicyclic) bond motifs is 1. The van der Waals surface area contributed by atoms with E-state index in [1.165, 1.54) is 0 Å². The van der Waals surface area contributed by atoms with Gasteiger partial charge in [-0.05, 0) is 20.8 Å². The van der Waals surface area contributed by atoms with E-state index in [2.05, 4.69) is 5.10 Å². The lowest BCUT2D eigenvalue weighted by Crippen LogP contribution is -2.38. The maximum atomic E-state index is 12.2. The number of aromatic nitrogens is 2. The first-order valence-corrected chi connectivity index (χ1v) is 9.72. The van der Waals surface area contributed by atoms with Crippen LogP contribution in [0.2, 0.25) is 5.02 Å². The molecule has 0 fully saturated rings. The molecule has 0 atom stereocenters. The Morgan fingerprint density at radius 3 is 2.54 bits per heavy atom. The molecule has 1 aliphatic rings. The molecule has 136 valence electrons. The standard InChI is InChI=1S/C14H22ClN3O5S/c1-14(2,3)23-13(19)17-6-5-11-12(15)10(9-22-24(4,20)21)16-18(11)8-7-17/h5-9H2,1-4H3. The maximum Gasteiger partial charge on any atom is 0.410 e. The highest BCUT2D eigenvalue weighted by Gasteiger charge is 2.26. The SMILES string of the molecule is CC(C)(C)OC(=O)N1CCc2c(Cl)c(COS(C)(=O)=O)nn2CC1. The van der Waals surface area contributed by atoms with Crippen LogP contribution in [0.5, 0.6) is 0 Å². The van der Waals surface area contributed by atoms with Gasteiger partial charge in [0.1, 0.15) is 17.9 Å². The zero-order chi connectivity index (χ0) is 18.1. The van der Waals surface area contributed by atoms with Crippen molar-refractivity contribution in [1.29, 1.82) is 0 Å². The normalized spacial score (nSPS) is 15.8. The minimum Gasteiger partial charge on any atom is -0.444 e. The number of hydrogen-bond donors (Lipinski definition) is 0. The van der Waals surface area contributed by atoms with Crippen molar-refractivity contribution in [2.24, 2.45) is 0 Å². The first kappa shape index (κ1) is 19.0. The predicted octanol–water partition coefficient (Wildman–Crippen LogP) is 1.81. The number of hydrogen-bond acceptors (Lipinski definition) is 6. The van der Waals surface area contributed by atoms with Crippen LogP contribution in [0.3, 0.4) is 0 Å². The number of halogens is 1. The fourth-order valence-electron chi connectivity index (χ4n) is 2.29. The molecular formula is C14H22ClN3O5S. The van der Waals surface area contributed by atoms with Gasteiger partial charge in [-0.25, -0.2) is 4.79 Å². The third-order valence-electron chi connectivity index (χ3n) is 3.32. The molecule has 0 unspecified atom stereocenters. The van der Waals surface area contributed by atoms with Gasteiger partial charge in [0, 0.05) is 19.5 Å². The fourth-order valence-corrected chi connectivity index (χ4v) is 2.90. The summed E-state index contributed by atoms with van der Waals surface area (Å²) < 4.78 is 34.0. The molecule has 0 aromatic carbocycles. The third kappa shape index (κ3) is 5.09. The van der Waals surface area contributed by atoms with Crippen LogP contribution >= 0.6 is 11.6 Å². The molecule has 1 amide bonds. The third-order valence-corrected chi connectivity index (χ3v) is 4.30. The summed E-state index contributed by atoms with van der Waals surface area (Å²) in [5, 5.41) is 4.68.